The number of ether oxygens (including phenoxy) is 2. The lowest BCUT2D eigenvalue weighted by Crippen LogP contribution is -2.53. The molecule has 216 valence electrons. The Labute approximate surface area is 236 Å². The summed E-state index contributed by atoms with van der Waals surface area (Å²) >= 11 is 0. The fourth-order valence-electron chi connectivity index (χ4n) is 6.10. The van der Waals surface area contributed by atoms with Crippen LogP contribution in [0.25, 0.3) is 0 Å². The highest BCUT2D eigenvalue weighted by Crippen LogP contribution is 2.36. The first-order chi connectivity index (χ1) is 19.3. The highest BCUT2D eigenvalue weighted by Gasteiger charge is 2.36. The monoisotopic (exact) mass is 551 g/mol. The number of hydrogen-bond donors (Lipinski definition) is 2. The number of nitrogens with zero attached hydrogens (tertiary/aromatic N) is 5. The summed E-state index contributed by atoms with van der Waals surface area (Å²) in [6.07, 6.45) is 5.80. The Morgan fingerprint density at radius 3 is 2.55 bits per heavy atom. The van der Waals surface area contributed by atoms with E-state index in [0.29, 0.717) is 40.5 Å². The molecule has 3 heterocycles. The van der Waals surface area contributed by atoms with Crippen LogP contribution >= 0.6 is 0 Å². The number of rotatable bonds is 7. The number of nitrogens with one attached hydrogen (secondary N) is 2. The Bertz CT molecular complexity index is 1220. The van der Waals surface area contributed by atoms with E-state index in [1.165, 1.54) is 0 Å². The molecule has 2 fully saturated rings. The minimum atomic E-state index is -0.331. The maximum Gasteiger partial charge on any atom is 0.251 e. The molecular formula is C29H41N7O4. The van der Waals surface area contributed by atoms with Crippen molar-refractivity contribution in [3.8, 4) is 5.75 Å². The van der Waals surface area contributed by atoms with Crippen LogP contribution in [0.15, 0.2) is 24.4 Å². The third-order valence-electron chi connectivity index (χ3n) is 8.32. The summed E-state index contributed by atoms with van der Waals surface area (Å²) < 4.78 is 11.1. The molecule has 11 nitrogen and oxygen atoms in total. The number of fused-ring (bicyclic) bond motifs is 1. The molecule has 1 aromatic heterocycles. The smallest absolute Gasteiger partial charge is 0.251 e. The van der Waals surface area contributed by atoms with Gasteiger partial charge in [-0.2, -0.15) is 4.98 Å². The SMILES string of the molecule is COc1cc(C(=O)NC2CCC(N3CCOCC3)CC2)ccc1Nc1ncc2c(n1)N(C(C)C)[C@H](C)C(=O)N2C. The Morgan fingerprint density at radius 1 is 1.15 bits per heavy atom. The highest BCUT2D eigenvalue weighted by molar-refractivity contribution is 6.04. The Balaban J connectivity index is 1.25. The molecule has 2 N–H and O–H groups in total. The normalized spacial score (nSPS) is 23.6. The van der Waals surface area contributed by atoms with Gasteiger partial charge in [0.15, 0.2) is 5.82 Å². The number of likely N-dealkylation sites (N-methyl/N-ethyl adjacent to an activating group) is 1. The molecule has 1 aromatic carbocycles. The molecular weight excluding hydrogens is 510 g/mol. The number of carbonyl (C=O) groups excluding carboxylic acids is 2. The molecule has 2 amide bonds. The first-order valence-corrected chi connectivity index (χ1v) is 14.3. The van der Waals surface area contributed by atoms with Gasteiger partial charge in [-0.3, -0.25) is 14.5 Å². The summed E-state index contributed by atoms with van der Waals surface area (Å²) in [5.74, 6) is 1.50. The lowest BCUT2D eigenvalue weighted by molar-refractivity contribution is -0.119. The lowest BCUT2D eigenvalue weighted by Gasteiger charge is -2.41. The molecule has 1 saturated heterocycles. The number of amides is 2. The largest absolute Gasteiger partial charge is 0.495 e. The average Bonchev–Trinajstić information content (AvgIpc) is 2.97. The number of carbonyl (C=O) groups is 2. The second-order valence-corrected chi connectivity index (χ2v) is 11.1. The van der Waals surface area contributed by atoms with Crippen LogP contribution in [-0.4, -0.2) is 91.3 Å². The molecule has 40 heavy (non-hydrogen) atoms. The number of anilines is 4. The van der Waals surface area contributed by atoms with Crippen molar-refractivity contribution in [1.29, 1.82) is 0 Å². The van der Waals surface area contributed by atoms with Gasteiger partial charge in [-0.15, -0.1) is 0 Å². The average molecular weight is 552 g/mol. The van der Waals surface area contributed by atoms with Crippen molar-refractivity contribution >= 4 is 35.0 Å². The van der Waals surface area contributed by atoms with Crippen LogP contribution in [0, 0.1) is 0 Å². The maximum atomic E-state index is 13.1. The molecule has 5 rings (SSSR count). The van der Waals surface area contributed by atoms with Gasteiger partial charge in [0, 0.05) is 43.8 Å². The van der Waals surface area contributed by atoms with Crippen LogP contribution in [0.3, 0.4) is 0 Å². The van der Waals surface area contributed by atoms with Crippen molar-refractivity contribution in [1.82, 2.24) is 20.2 Å². The van der Waals surface area contributed by atoms with Gasteiger partial charge in [-0.1, -0.05) is 0 Å². The quantitative estimate of drug-likeness (QED) is 0.536. The van der Waals surface area contributed by atoms with Crippen molar-refractivity contribution in [2.75, 3.05) is 55.6 Å². The molecule has 1 aliphatic carbocycles. The number of benzene rings is 1. The van der Waals surface area contributed by atoms with Crippen LogP contribution in [0.2, 0.25) is 0 Å². The zero-order chi connectivity index (χ0) is 28.4. The van der Waals surface area contributed by atoms with E-state index in [4.69, 9.17) is 14.5 Å². The third kappa shape index (κ3) is 5.71. The third-order valence-corrected chi connectivity index (χ3v) is 8.32. The van der Waals surface area contributed by atoms with E-state index in [2.05, 4.69) is 20.5 Å². The summed E-state index contributed by atoms with van der Waals surface area (Å²) in [5.41, 5.74) is 1.86. The number of aromatic nitrogens is 2. The zero-order valence-corrected chi connectivity index (χ0v) is 24.1. The molecule has 0 radical (unpaired) electrons. The van der Waals surface area contributed by atoms with Gasteiger partial charge in [-0.25, -0.2) is 4.98 Å². The maximum absolute atomic E-state index is 13.1. The van der Waals surface area contributed by atoms with E-state index >= 15 is 0 Å². The summed E-state index contributed by atoms with van der Waals surface area (Å²) in [4.78, 5) is 41.2. The lowest BCUT2D eigenvalue weighted by atomic mass is 9.89. The molecule has 0 unspecified atom stereocenters. The van der Waals surface area contributed by atoms with E-state index in [9.17, 15) is 9.59 Å². The van der Waals surface area contributed by atoms with Crippen LogP contribution in [0.1, 0.15) is 56.8 Å². The van der Waals surface area contributed by atoms with Crippen LogP contribution < -0.4 is 25.2 Å². The van der Waals surface area contributed by atoms with Gasteiger partial charge in [0.1, 0.15) is 17.5 Å². The molecule has 2 aromatic rings. The van der Waals surface area contributed by atoms with E-state index in [0.717, 1.165) is 52.0 Å². The molecule has 11 heteroatoms. The summed E-state index contributed by atoms with van der Waals surface area (Å²) in [7, 11) is 3.32. The van der Waals surface area contributed by atoms with Gasteiger partial charge in [-0.05, 0) is 64.7 Å². The Kier molecular flexibility index (Phi) is 8.41. The number of morpholine rings is 1. The summed E-state index contributed by atoms with van der Waals surface area (Å²) in [6.45, 7) is 9.60. The van der Waals surface area contributed by atoms with Crippen LogP contribution in [0.5, 0.6) is 5.75 Å². The van der Waals surface area contributed by atoms with Crippen LogP contribution in [-0.2, 0) is 9.53 Å². The van der Waals surface area contributed by atoms with Crippen molar-refractivity contribution < 1.29 is 19.1 Å². The second kappa shape index (κ2) is 12.0. The summed E-state index contributed by atoms with van der Waals surface area (Å²) in [5, 5.41) is 6.45. The van der Waals surface area contributed by atoms with Gasteiger partial charge >= 0.3 is 0 Å². The van der Waals surface area contributed by atoms with Crippen molar-refractivity contribution in [3.63, 3.8) is 0 Å². The zero-order valence-electron chi connectivity index (χ0n) is 24.1. The standard InChI is InChI=1S/C29H41N7O4/c1-18(2)36-19(3)28(38)34(4)24-17-30-29(33-26(24)36)32-23-11-6-20(16-25(23)39-5)27(37)31-21-7-9-22(10-8-21)35-12-14-40-15-13-35/h6,11,16-19,21-22H,7-10,12-15H2,1-5H3,(H,31,37)(H,30,32,33)/t19-,21?,22?/m1/s1. The van der Waals surface area contributed by atoms with Crippen molar-refractivity contribution in [2.24, 2.45) is 0 Å². The van der Waals surface area contributed by atoms with Gasteiger partial charge < -0.3 is 29.9 Å². The summed E-state index contributed by atoms with van der Waals surface area (Å²) in [6, 6.07) is 5.85. The minimum Gasteiger partial charge on any atom is -0.495 e. The molecule has 0 bridgehead atoms. The van der Waals surface area contributed by atoms with Crippen molar-refractivity contribution in [3.05, 3.63) is 30.0 Å². The van der Waals surface area contributed by atoms with Crippen molar-refractivity contribution in [2.45, 2.75) is 70.6 Å². The molecule has 1 saturated carbocycles. The van der Waals surface area contributed by atoms with E-state index in [1.54, 1.807) is 37.4 Å². The minimum absolute atomic E-state index is 0.00573. The highest BCUT2D eigenvalue weighted by atomic mass is 16.5. The number of hydrogen-bond acceptors (Lipinski definition) is 9. The van der Waals surface area contributed by atoms with Crippen LogP contribution in [0.4, 0.5) is 23.1 Å². The first-order valence-electron chi connectivity index (χ1n) is 14.3. The predicted molar refractivity (Wildman–Crippen MR) is 155 cm³/mol. The molecule has 0 spiro atoms. The topological polar surface area (TPSA) is 112 Å². The molecule has 3 aliphatic rings. The number of methoxy groups -OCH3 is 1. The fourth-order valence-corrected chi connectivity index (χ4v) is 6.10. The van der Waals surface area contributed by atoms with Gasteiger partial charge in [0.2, 0.25) is 11.9 Å². The Morgan fingerprint density at radius 2 is 1.88 bits per heavy atom. The first kappa shape index (κ1) is 28.1. The Hall–Kier alpha value is -3.44. The van der Waals surface area contributed by atoms with E-state index in [-0.39, 0.29) is 29.9 Å². The second-order valence-electron chi connectivity index (χ2n) is 11.1. The fraction of sp³-hybridized carbons (Fsp3) is 0.586. The van der Waals surface area contributed by atoms with E-state index < -0.39 is 0 Å². The predicted octanol–water partition coefficient (Wildman–Crippen LogP) is 3.18. The van der Waals surface area contributed by atoms with Gasteiger partial charge in [0.25, 0.3) is 5.91 Å². The van der Waals surface area contributed by atoms with E-state index in [1.807, 2.05) is 31.7 Å². The molecule has 1 atom stereocenters. The van der Waals surface area contributed by atoms with Gasteiger partial charge in [0.05, 0.1) is 32.2 Å². The molecule has 2 aliphatic heterocycles.